The topological polar surface area (TPSA) is 84.8 Å². The number of halogens is 1. The molecule has 0 bridgehead atoms. The van der Waals surface area contributed by atoms with E-state index in [2.05, 4.69) is 27.8 Å². The zero-order valence-corrected chi connectivity index (χ0v) is 19.8. The van der Waals surface area contributed by atoms with Crippen molar-refractivity contribution in [2.45, 2.75) is 10.1 Å². The molecule has 10 heteroatoms. The van der Waals surface area contributed by atoms with E-state index in [1.54, 1.807) is 60.1 Å². The third kappa shape index (κ3) is 4.66. The molecular weight excluding hydrogens is 484 g/mol. The Kier molecular flexibility index (Phi) is 6.52. The molecule has 0 spiro atoms. The molecule has 6 nitrogen and oxygen atoms in total. The van der Waals surface area contributed by atoms with Crippen LogP contribution in [0.2, 0.25) is 5.28 Å². The first-order valence-electron chi connectivity index (χ1n) is 9.33. The lowest BCUT2D eigenvalue weighted by molar-refractivity contribution is 0.603. The molecule has 0 aliphatic heterocycles. The summed E-state index contributed by atoms with van der Waals surface area (Å²) in [5.41, 5.74) is 2.45. The molecule has 4 aromatic rings. The van der Waals surface area contributed by atoms with Gasteiger partial charge in [0.25, 0.3) is 10.0 Å². The van der Waals surface area contributed by atoms with Gasteiger partial charge in [0, 0.05) is 23.4 Å². The van der Waals surface area contributed by atoms with E-state index in [9.17, 15) is 8.42 Å². The standard InChI is InChI=1S/C22H17ClN4O2S3/c1-3-14(4-2)21-26-19(20(31-21)17-10-11-24-22(23)25-17)15-7-5-8-16(13-15)27-32(28,29)18-9-6-12-30-18/h3-14,27H,1-2H2. The number of thiophene rings is 1. The Hall–Kier alpha value is -2.85. The lowest BCUT2D eigenvalue weighted by Crippen LogP contribution is -2.11. The molecule has 0 atom stereocenters. The lowest BCUT2D eigenvalue weighted by atomic mass is 10.1. The molecule has 3 aromatic heterocycles. The molecule has 0 saturated carbocycles. The first-order valence-corrected chi connectivity index (χ1v) is 12.9. The van der Waals surface area contributed by atoms with Gasteiger partial charge in [0.2, 0.25) is 5.28 Å². The fraction of sp³-hybridized carbons (Fsp3) is 0.0455. The van der Waals surface area contributed by atoms with Gasteiger partial charge in [-0.25, -0.2) is 23.4 Å². The predicted octanol–water partition coefficient (Wildman–Crippen LogP) is 6.24. The average molecular weight is 501 g/mol. The zero-order chi connectivity index (χ0) is 22.7. The van der Waals surface area contributed by atoms with E-state index >= 15 is 0 Å². The summed E-state index contributed by atoms with van der Waals surface area (Å²) < 4.78 is 28.2. The van der Waals surface area contributed by atoms with Crippen LogP contribution in [0, 0.1) is 0 Å². The minimum absolute atomic E-state index is 0.129. The summed E-state index contributed by atoms with van der Waals surface area (Å²) in [4.78, 5) is 13.9. The third-order valence-corrected chi connectivity index (χ3v) is 8.58. The fourth-order valence-corrected chi connectivity index (χ4v) is 6.30. The molecule has 0 unspecified atom stereocenters. The van der Waals surface area contributed by atoms with Gasteiger partial charge in [0.05, 0.1) is 16.3 Å². The average Bonchev–Trinajstić information content (AvgIpc) is 3.46. The lowest BCUT2D eigenvalue weighted by Gasteiger charge is -2.08. The number of anilines is 1. The van der Waals surface area contributed by atoms with Crippen molar-refractivity contribution >= 4 is 50.0 Å². The van der Waals surface area contributed by atoms with Crippen LogP contribution in [0.15, 0.2) is 83.6 Å². The number of hydrogen-bond acceptors (Lipinski definition) is 7. The summed E-state index contributed by atoms with van der Waals surface area (Å²) in [6, 6.07) is 12.1. The van der Waals surface area contributed by atoms with Gasteiger partial charge >= 0.3 is 0 Å². The maximum absolute atomic E-state index is 12.6. The van der Waals surface area contributed by atoms with Crippen molar-refractivity contribution in [2.75, 3.05) is 4.72 Å². The van der Waals surface area contributed by atoms with Crippen LogP contribution < -0.4 is 4.72 Å². The van der Waals surface area contributed by atoms with E-state index in [1.807, 2.05) is 6.07 Å². The highest BCUT2D eigenvalue weighted by atomic mass is 35.5. The zero-order valence-electron chi connectivity index (χ0n) is 16.6. The quantitative estimate of drug-likeness (QED) is 0.228. The van der Waals surface area contributed by atoms with Crippen LogP contribution in [0.25, 0.3) is 21.8 Å². The van der Waals surface area contributed by atoms with Crippen LogP contribution in [0.1, 0.15) is 10.9 Å². The monoisotopic (exact) mass is 500 g/mol. The summed E-state index contributed by atoms with van der Waals surface area (Å²) in [6.07, 6.45) is 5.10. The Morgan fingerprint density at radius 1 is 1.09 bits per heavy atom. The van der Waals surface area contributed by atoms with Crippen molar-refractivity contribution in [3.63, 3.8) is 0 Å². The van der Waals surface area contributed by atoms with Crippen molar-refractivity contribution < 1.29 is 8.42 Å². The van der Waals surface area contributed by atoms with E-state index in [0.717, 1.165) is 26.8 Å². The maximum Gasteiger partial charge on any atom is 0.271 e. The Balaban J connectivity index is 1.80. The van der Waals surface area contributed by atoms with E-state index in [0.29, 0.717) is 17.1 Å². The van der Waals surface area contributed by atoms with Gasteiger partial charge in [-0.2, -0.15) is 0 Å². The highest BCUT2D eigenvalue weighted by Gasteiger charge is 2.21. The van der Waals surface area contributed by atoms with Crippen LogP contribution in [0.4, 0.5) is 5.69 Å². The molecule has 0 aliphatic carbocycles. The summed E-state index contributed by atoms with van der Waals surface area (Å²) in [7, 11) is -3.67. The molecule has 1 N–H and O–H groups in total. The number of thiazole rings is 1. The van der Waals surface area contributed by atoms with Crippen molar-refractivity contribution in [1.29, 1.82) is 0 Å². The summed E-state index contributed by atoms with van der Waals surface area (Å²) >= 11 is 8.62. The van der Waals surface area contributed by atoms with E-state index < -0.39 is 10.0 Å². The van der Waals surface area contributed by atoms with Crippen molar-refractivity contribution in [2.24, 2.45) is 0 Å². The van der Waals surface area contributed by atoms with Crippen LogP contribution in [0.5, 0.6) is 0 Å². The van der Waals surface area contributed by atoms with Gasteiger partial charge in [-0.3, -0.25) is 4.72 Å². The number of hydrogen-bond donors (Lipinski definition) is 1. The second-order valence-electron chi connectivity index (χ2n) is 6.56. The second kappa shape index (κ2) is 9.33. The number of nitrogens with zero attached hydrogens (tertiary/aromatic N) is 3. The molecule has 1 aromatic carbocycles. The summed E-state index contributed by atoms with van der Waals surface area (Å²) in [5.74, 6) is -0.134. The highest BCUT2D eigenvalue weighted by molar-refractivity contribution is 7.94. The van der Waals surface area contributed by atoms with Crippen LogP contribution in [-0.2, 0) is 10.0 Å². The van der Waals surface area contributed by atoms with Crippen LogP contribution >= 0.6 is 34.3 Å². The number of benzene rings is 1. The predicted molar refractivity (Wildman–Crippen MR) is 132 cm³/mol. The van der Waals surface area contributed by atoms with Gasteiger partial charge in [0.15, 0.2) is 0 Å². The van der Waals surface area contributed by atoms with Gasteiger partial charge in [-0.1, -0.05) is 30.4 Å². The Morgan fingerprint density at radius 2 is 1.91 bits per heavy atom. The van der Waals surface area contributed by atoms with E-state index in [4.69, 9.17) is 16.6 Å². The minimum atomic E-state index is -3.67. The number of allylic oxidation sites excluding steroid dienone is 2. The minimum Gasteiger partial charge on any atom is -0.279 e. The Bertz CT molecular complexity index is 1370. The normalized spacial score (nSPS) is 11.4. The Labute approximate surface area is 199 Å². The summed E-state index contributed by atoms with van der Waals surface area (Å²) in [6.45, 7) is 7.72. The smallest absolute Gasteiger partial charge is 0.271 e. The molecule has 0 aliphatic rings. The first kappa shape index (κ1) is 22.3. The van der Waals surface area contributed by atoms with E-state index in [-0.39, 0.29) is 15.4 Å². The van der Waals surface area contributed by atoms with Crippen LogP contribution in [0.3, 0.4) is 0 Å². The number of aromatic nitrogens is 3. The van der Waals surface area contributed by atoms with Gasteiger partial charge < -0.3 is 0 Å². The van der Waals surface area contributed by atoms with Crippen molar-refractivity contribution in [1.82, 2.24) is 15.0 Å². The molecule has 3 heterocycles. The van der Waals surface area contributed by atoms with Crippen LogP contribution in [-0.4, -0.2) is 23.4 Å². The molecule has 0 amide bonds. The third-order valence-electron chi connectivity index (χ3n) is 4.44. The Morgan fingerprint density at radius 3 is 2.59 bits per heavy atom. The molecule has 162 valence electrons. The summed E-state index contributed by atoms with van der Waals surface area (Å²) in [5, 5.41) is 2.64. The highest BCUT2D eigenvalue weighted by Crippen LogP contribution is 2.39. The van der Waals surface area contributed by atoms with Gasteiger partial charge in [0.1, 0.15) is 9.22 Å². The fourth-order valence-electron chi connectivity index (χ4n) is 2.96. The largest absolute Gasteiger partial charge is 0.279 e. The molecule has 0 radical (unpaired) electrons. The molecule has 4 rings (SSSR count). The molecular formula is C22H17ClN4O2S3. The number of sulfonamides is 1. The van der Waals surface area contributed by atoms with Crippen molar-refractivity contribution in [3.8, 4) is 21.8 Å². The number of nitrogens with one attached hydrogen (secondary N) is 1. The van der Waals surface area contributed by atoms with Gasteiger partial charge in [-0.05, 0) is 41.2 Å². The SMILES string of the molecule is C=CC(C=C)c1nc(-c2cccc(NS(=O)(=O)c3cccs3)c2)c(-c2ccnc(Cl)n2)s1. The molecule has 0 saturated heterocycles. The maximum atomic E-state index is 12.6. The molecule has 0 fully saturated rings. The van der Waals surface area contributed by atoms with Crippen molar-refractivity contribution in [3.05, 3.63) is 89.6 Å². The van der Waals surface area contributed by atoms with E-state index in [1.165, 1.54) is 11.3 Å². The first-order chi connectivity index (χ1) is 15.4. The second-order valence-corrected chi connectivity index (χ2v) is 10.8. The van der Waals surface area contributed by atoms with Gasteiger partial charge in [-0.15, -0.1) is 35.8 Å². The number of rotatable bonds is 8. The molecule has 32 heavy (non-hydrogen) atoms.